The van der Waals surface area contributed by atoms with E-state index in [2.05, 4.69) is 16.8 Å². The lowest BCUT2D eigenvalue weighted by Crippen LogP contribution is -2.02. The monoisotopic (exact) mass is 223 g/mol. The highest BCUT2D eigenvalue weighted by Gasteiger charge is 2.08. The van der Waals surface area contributed by atoms with Gasteiger partial charge in [0.25, 0.3) is 0 Å². The van der Waals surface area contributed by atoms with Gasteiger partial charge in [-0.2, -0.15) is 0 Å². The summed E-state index contributed by atoms with van der Waals surface area (Å²) in [4.78, 5) is 16.2. The molecule has 0 aliphatic heterocycles. The fraction of sp³-hybridized carbons (Fsp3) is 0.200. The van der Waals surface area contributed by atoms with Crippen LogP contribution in [0.25, 0.3) is 10.9 Å². The average Bonchev–Trinajstić information content (AvgIpc) is 2.36. The van der Waals surface area contributed by atoms with Gasteiger partial charge < -0.3 is 0 Å². The van der Waals surface area contributed by atoms with E-state index in [4.69, 9.17) is 0 Å². The van der Waals surface area contributed by atoms with Crippen molar-refractivity contribution < 1.29 is 4.79 Å². The zero-order valence-electron chi connectivity index (χ0n) is 9.95. The largest absolute Gasteiger partial charge is 0.291 e. The van der Waals surface area contributed by atoms with E-state index in [1.807, 2.05) is 37.3 Å². The molecule has 0 spiro atoms. The number of rotatable bonds is 2. The first-order valence-corrected chi connectivity index (χ1v) is 5.51. The highest BCUT2D eigenvalue weighted by molar-refractivity contribution is 5.98. The maximum atomic E-state index is 11.8. The van der Waals surface area contributed by atoms with Crippen molar-refractivity contribution in [1.82, 2.24) is 4.98 Å². The van der Waals surface area contributed by atoms with Crippen molar-refractivity contribution in [3.05, 3.63) is 41.6 Å². The number of carbonyl (C=O) groups excluding carboxylic acids is 1. The van der Waals surface area contributed by atoms with Crippen LogP contribution < -0.4 is 0 Å². The second-order valence-corrected chi connectivity index (χ2v) is 3.87. The van der Waals surface area contributed by atoms with Crippen LogP contribution in [0.2, 0.25) is 0 Å². The predicted octanol–water partition coefficient (Wildman–Crippen LogP) is 3.14. The van der Waals surface area contributed by atoms with Crippen molar-refractivity contribution in [2.24, 2.45) is 0 Å². The zero-order valence-corrected chi connectivity index (χ0v) is 9.95. The van der Waals surface area contributed by atoms with Crippen LogP contribution in [0.15, 0.2) is 30.3 Å². The van der Waals surface area contributed by atoms with Gasteiger partial charge in [-0.15, -0.1) is 5.92 Å². The van der Waals surface area contributed by atoms with E-state index in [1.54, 1.807) is 6.92 Å². The van der Waals surface area contributed by atoms with E-state index in [9.17, 15) is 4.79 Å². The van der Waals surface area contributed by atoms with Gasteiger partial charge in [0.15, 0.2) is 5.78 Å². The number of Topliss-reactive ketones (excluding diaryl/α,β-unsaturated/α-hetero) is 1. The highest BCUT2D eigenvalue weighted by Crippen LogP contribution is 2.17. The van der Waals surface area contributed by atoms with Crippen molar-refractivity contribution in [1.29, 1.82) is 0 Å². The van der Waals surface area contributed by atoms with E-state index >= 15 is 0 Å². The van der Waals surface area contributed by atoms with Crippen LogP contribution in [-0.2, 0) is 0 Å². The van der Waals surface area contributed by atoms with Crippen molar-refractivity contribution in [3.63, 3.8) is 0 Å². The molecule has 2 nitrogen and oxygen atoms in total. The van der Waals surface area contributed by atoms with Crippen LogP contribution in [0.4, 0.5) is 0 Å². The molecular formula is C15H13NO. The average molecular weight is 223 g/mol. The van der Waals surface area contributed by atoms with E-state index < -0.39 is 0 Å². The Labute approximate surface area is 101 Å². The van der Waals surface area contributed by atoms with E-state index in [-0.39, 0.29) is 12.2 Å². The van der Waals surface area contributed by atoms with Crippen molar-refractivity contribution in [3.8, 4) is 11.8 Å². The summed E-state index contributed by atoms with van der Waals surface area (Å²) in [5, 5.41) is 1.09. The molecule has 0 aliphatic carbocycles. The van der Waals surface area contributed by atoms with Crippen LogP contribution in [0, 0.1) is 18.8 Å². The lowest BCUT2D eigenvalue weighted by molar-refractivity contribution is 0.0993. The summed E-state index contributed by atoms with van der Waals surface area (Å²) in [5.41, 5.74) is 2.44. The Morgan fingerprint density at radius 2 is 2.12 bits per heavy atom. The second-order valence-electron chi connectivity index (χ2n) is 3.87. The highest BCUT2D eigenvalue weighted by atomic mass is 16.1. The summed E-state index contributed by atoms with van der Waals surface area (Å²) in [6, 6.07) is 9.67. The van der Waals surface area contributed by atoms with Gasteiger partial charge in [0.1, 0.15) is 5.69 Å². The third-order valence-electron chi connectivity index (χ3n) is 2.63. The van der Waals surface area contributed by atoms with Gasteiger partial charge in [0, 0.05) is 5.39 Å². The molecule has 0 fully saturated rings. The fourth-order valence-electron chi connectivity index (χ4n) is 1.75. The summed E-state index contributed by atoms with van der Waals surface area (Å²) >= 11 is 0. The Morgan fingerprint density at radius 1 is 1.35 bits per heavy atom. The number of hydrogen-bond acceptors (Lipinski definition) is 2. The smallest absolute Gasteiger partial charge is 0.193 e. The molecule has 84 valence electrons. The van der Waals surface area contributed by atoms with Gasteiger partial charge in [0.05, 0.1) is 11.9 Å². The number of carbonyl (C=O) groups is 1. The first kappa shape index (κ1) is 11.3. The number of pyridine rings is 1. The van der Waals surface area contributed by atoms with E-state index in [0.29, 0.717) is 5.69 Å². The first-order chi connectivity index (χ1) is 8.22. The van der Waals surface area contributed by atoms with E-state index in [0.717, 1.165) is 16.5 Å². The third kappa shape index (κ3) is 2.34. The molecule has 0 bridgehead atoms. The lowest BCUT2D eigenvalue weighted by Gasteiger charge is -2.04. The van der Waals surface area contributed by atoms with Gasteiger partial charge in [-0.05, 0) is 31.5 Å². The molecule has 2 heteroatoms. The number of fused-ring (bicyclic) bond motifs is 1. The van der Waals surface area contributed by atoms with Crippen LogP contribution in [0.1, 0.15) is 29.4 Å². The van der Waals surface area contributed by atoms with Crippen molar-refractivity contribution in [2.45, 2.75) is 20.3 Å². The number of hydrogen-bond donors (Lipinski definition) is 0. The second kappa shape index (κ2) is 4.80. The molecular weight excluding hydrogens is 210 g/mol. The summed E-state index contributed by atoms with van der Waals surface area (Å²) in [6.45, 7) is 3.72. The number of para-hydroxylation sites is 1. The van der Waals surface area contributed by atoms with Crippen molar-refractivity contribution in [2.75, 3.05) is 0 Å². The number of aryl methyl sites for hydroxylation is 1. The molecule has 17 heavy (non-hydrogen) atoms. The molecule has 0 N–H and O–H groups in total. The van der Waals surface area contributed by atoms with Gasteiger partial charge in [-0.1, -0.05) is 24.1 Å². The molecule has 0 atom stereocenters. The van der Waals surface area contributed by atoms with Gasteiger partial charge >= 0.3 is 0 Å². The number of aromatic nitrogens is 1. The van der Waals surface area contributed by atoms with Crippen molar-refractivity contribution >= 4 is 16.7 Å². The molecule has 0 unspecified atom stereocenters. The summed E-state index contributed by atoms with van der Waals surface area (Å²) in [7, 11) is 0. The zero-order chi connectivity index (χ0) is 12.3. The Hall–Kier alpha value is -2.14. The van der Waals surface area contributed by atoms with Crippen LogP contribution in [0.3, 0.4) is 0 Å². The van der Waals surface area contributed by atoms with E-state index in [1.165, 1.54) is 0 Å². The molecule has 1 aromatic heterocycles. The fourth-order valence-corrected chi connectivity index (χ4v) is 1.75. The minimum absolute atomic E-state index is 0.0202. The van der Waals surface area contributed by atoms with Crippen LogP contribution >= 0.6 is 0 Å². The number of nitrogens with zero attached hydrogens (tertiary/aromatic N) is 1. The SMILES string of the molecule is CC#CCC(=O)c1cc(C)c2ccccc2n1. The predicted molar refractivity (Wildman–Crippen MR) is 68.9 cm³/mol. The Kier molecular flexibility index (Phi) is 3.20. The number of ketones is 1. The van der Waals surface area contributed by atoms with Gasteiger partial charge in [-0.3, -0.25) is 4.79 Å². The third-order valence-corrected chi connectivity index (χ3v) is 2.63. The van der Waals surface area contributed by atoms with Crippen LogP contribution in [-0.4, -0.2) is 10.8 Å². The molecule has 0 amide bonds. The minimum atomic E-state index is -0.0202. The quantitative estimate of drug-likeness (QED) is 0.578. The molecule has 0 radical (unpaired) electrons. The summed E-state index contributed by atoms with van der Waals surface area (Å²) in [6.07, 6.45) is 0.237. The molecule has 2 aromatic rings. The maximum Gasteiger partial charge on any atom is 0.193 e. The Balaban J connectivity index is 2.48. The Bertz CT molecular complexity index is 632. The normalized spacial score (nSPS) is 9.76. The van der Waals surface area contributed by atoms with Crippen LogP contribution in [0.5, 0.6) is 0 Å². The minimum Gasteiger partial charge on any atom is -0.291 e. The Morgan fingerprint density at radius 3 is 2.88 bits per heavy atom. The lowest BCUT2D eigenvalue weighted by atomic mass is 10.1. The first-order valence-electron chi connectivity index (χ1n) is 5.51. The topological polar surface area (TPSA) is 30.0 Å². The summed E-state index contributed by atoms with van der Waals surface area (Å²) in [5.74, 6) is 5.48. The molecule has 0 saturated heterocycles. The maximum absolute atomic E-state index is 11.8. The van der Waals surface area contributed by atoms with Gasteiger partial charge in [0.2, 0.25) is 0 Å². The number of benzene rings is 1. The molecule has 2 rings (SSSR count). The standard InChI is InChI=1S/C15H13NO/c1-3-4-9-15(17)14-10-11(2)12-7-5-6-8-13(12)16-14/h5-8,10H,9H2,1-2H3. The molecule has 1 aromatic carbocycles. The summed E-state index contributed by atoms with van der Waals surface area (Å²) < 4.78 is 0. The molecule has 0 saturated carbocycles. The molecule has 1 heterocycles. The molecule has 0 aliphatic rings. The van der Waals surface area contributed by atoms with Gasteiger partial charge in [-0.25, -0.2) is 4.98 Å².